The predicted octanol–water partition coefficient (Wildman–Crippen LogP) is 3.44. The Kier molecular flexibility index (Phi) is 6.30. The number of anilines is 1. The van der Waals surface area contributed by atoms with Crippen molar-refractivity contribution >= 4 is 38.9 Å². The van der Waals surface area contributed by atoms with Crippen molar-refractivity contribution in [2.24, 2.45) is 0 Å². The molecule has 1 saturated heterocycles. The fraction of sp³-hybridized carbons (Fsp3) is 0.182. The highest BCUT2D eigenvalue weighted by molar-refractivity contribution is 7.91. The number of nitro groups is 1. The second kappa shape index (κ2) is 9.16. The smallest absolute Gasteiger partial charge is 0.289 e. The minimum Gasteiger partial charge on any atom is -0.353 e. The van der Waals surface area contributed by atoms with E-state index in [1.54, 1.807) is 11.1 Å². The van der Waals surface area contributed by atoms with Gasteiger partial charge in [-0.3, -0.25) is 14.9 Å². The van der Waals surface area contributed by atoms with E-state index in [4.69, 9.17) is 11.6 Å². The summed E-state index contributed by atoms with van der Waals surface area (Å²) in [5.41, 5.74) is -0.606. The van der Waals surface area contributed by atoms with Gasteiger partial charge in [-0.1, -0.05) is 23.7 Å². The number of carbonyl (C=O) groups is 1. The molecule has 1 amide bonds. The Morgan fingerprint density at radius 1 is 1.00 bits per heavy atom. The number of amides is 1. The molecule has 1 aromatic heterocycles. The van der Waals surface area contributed by atoms with Crippen LogP contribution in [-0.4, -0.2) is 55.3 Å². The highest BCUT2D eigenvalue weighted by Crippen LogP contribution is 2.31. The number of benzene rings is 2. The summed E-state index contributed by atoms with van der Waals surface area (Å²) >= 11 is 5.89. The molecule has 0 atom stereocenters. The van der Waals surface area contributed by atoms with Gasteiger partial charge in [0.25, 0.3) is 11.6 Å². The molecule has 2 heterocycles. The van der Waals surface area contributed by atoms with E-state index in [1.807, 2.05) is 23.1 Å². The van der Waals surface area contributed by atoms with Crippen LogP contribution in [0.15, 0.2) is 76.7 Å². The largest absolute Gasteiger partial charge is 0.353 e. The lowest BCUT2D eigenvalue weighted by Crippen LogP contribution is -2.49. The molecule has 1 aliphatic heterocycles. The molecule has 0 unspecified atom stereocenters. The van der Waals surface area contributed by atoms with Crippen molar-refractivity contribution in [3.63, 3.8) is 0 Å². The molecule has 0 bridgehead atoms. The first-order valence-electron chi connectivity index (χ1n) is 10.0. The number of sulfone groups is 1. The van der Waals surface area contributed by atoms with Crippen LogP contribution < -0.4 is 4.90 Å². The van der Waals surface area contributed by atoms with E-state index in [2.05, 4.69) is 4.98 Å². The van der Waals surface area contributed by atoms with E-state index in [0.29, 0.717) is 26.2 Å². The summed E-state index contributed by atoms with van der Waals surface area (Å²) in [6, 6.07) is 14.5. The summed E-state index contributed by atoms with van der Waals surface area (Å²) in [4.78, 5) is 31.2. The fourth-order valence-corrected chi connectivity index (χ4v) is 5.35. The molecule has 0 spiro atoms. The Bertz CT molecular complexity index is 1310. The summed E-state index contributed by atoms with van der Waals surface area (Å²) in [5, 5.41) is 11.9. The molecule has 4 rings (SSSR count). The number of carbonyl (C=O) groups excluding carboxylic acids is 1. The third kappa shape index (κ3) is 4.67. The summed E-state index contributed by atoms with van der Waals surface area (Å²) < 4.78 is 26.0. The van der Waals surface area contributed by atoms with Gasteiger partial charge in [0.15, 0.2) is 0 Å². The summed E-state index contributed by atoms with van der Waals surface area (Å²) in [7, 11) is -4.21. The summed E-state index contributed by atoms with van der Waals surface area (Å²) in [5.74, 6) is 0.418. The standard InChI is InChI=1S/C22H19ClN4O5S/c23-17-4-3-5-18(15-17)33(31,32)20-8-7-16(14-19(20)27(29)30)22(28)26-12-10-25(11-13-26)21-6-1-2-9-24-21/h1-9,14-15H,10-13H2. The first kappa shape index (κ1) is 22.7. The van der Waals surface area contributed by atoms with Crippen LogP contribution in [0.4, 0.5) is 11.5 Å². The van der Waals surface area contributed by atoms with Gasteiger partial charge >= 0.3 is 0 Å². The minimum atomic E-state index is -4.21. The molecule has 2 aromatic carbocycles. The Morgan fingerprint density at radius 3 is 2.39 bits per heavy atom. The number of hydrogen-bond acceptors (Lipinski definition) is 7. The molecule has 0 N–H and O–H groups in total. The van der Waals surface area contributed by atoms with Crippen molar-refractivity contribution in [1.29, 1.82) is 0 Å². The zero-order valence-electron chi connectivity index (χ0n) is 17.3. The molecule has 0 saturated carbocycles. The molecular formula is C22H19ClN4O5S. The maximum Gasteiger partial charge on any atom is 0.289 e. The fourth-order valence-electron chi connectivity index (χ4n) is 3.64. The molecular weight excluding hydrogens is 468 g/mol. The normalized spacial score (nSPS) is 14.2. The van der Waals surface area contributed by atoms with E-state index < -0.39 is 31.3 Å². The Hall–Kier alpha value is -3.50. The number of rotatable bonds is 5. The van der Waals surface area contributed by atoms with Crippen LogP contribution in [0.5, 0.6) is 0 Å². The van der Waals surface area contributed by atoms with Gasteiger partial charge in [0, 0.05) is 49.0 Å². The van der Waals surface area contributed by atoms with Crippen LogP contribution >= 0.6 is 11.6 Å². The van der Waals surface area contributed by atoms with Crippen molar-refractivity contribution in [3.8, 4) is 0 Å². The highest BCUT2D eigenvalue weighted by atomic mass is 35.5. The van der Waals surface area contributed by atoms with Crippen molar-refractivity contribution in [3.05, 3.63) is 87.6 Å². The van der Waals surface area contributed by atoms with E-state index in [-0.39, 0.29) is 15.5 Å². The SMILES string of the molecule is O=C(c1ccc(S(=O)(=O)c2cccc(Cl)c2)c([N+](=O)[O-])c1)N1CCN(c2ccccn2)CC1. The number of aromatic nitrogens is 1. The minimum absolute atomic E-state index is 0.0537. The van der Waals surface area contributed by atoms with Crippen molar-refractivity contribution in [2.75, 3.05) is 31.1 Å². The highest BCUT2D eigenvalue weighted by Gasteiger charge is 2.30. The van der Waals surface area contributed by atoms with E-state index in [9.17, 15) is 23.3 Å². The third-order valence-electron chi connectivity index (χ3n) is 5.34. The molecule has 3 aromatic rings. The second-order valence-electron chi connectivity index (χ2n) is 7.37. The quantitative estimate of drug-likeness (QED) is 0.401. The van der Waals surface area contributed by atoms with Crippen molar-refractivity contribution in [1.82, 2.24) is 9.88 Å². The Balaban J connectivity index is 1.58. The zero-order chi connectivity index (χ0) is 23.6. The van der Waals surface area contributed by atoms with Crippen LogP contribution in [0.1, 0.15) is 10.4 Å². The van der Waals surface area contributed by atoms with Gasteiger partial charge in [-0.15, -0.1) is 0 Å². The molecule has 9 nitrogen and oxygen atoms in total. The maximum atomic E-state index is 13.0. The predicted molar refractivity (Wildman–Crippen MR) is 122 cm³/mol. The molecule has 170 valence electrons. The Labute approximate surface area is 195 Å². The van der Waals surface area contributed by atoms with E-state index in [0.717, 1.165) is 18.0 Å². The van der Waals surface area contributed by atoms with Gasteiger partial charge in [-0.2, -0.15) is 0 Å². The average molecular weight is 487 g/mol. The molecule has 0 radical (unpaired) electrons. The van der Waals surface area contributed by atoms with Crippen LogP contribution in [0.25, 0.3) is 0 Å². The lowest BCUT2D eigenvalue weighted by molar-refractivity contribution is -0.387. The first-order valence-corrected chi connectivity index (χ1v) is 11.9. The summed E-state index contributed by atoms with van der Waals surface area (Å²) in [6.45, 7) is 1.94. The topological polar surface area (TPSA) is 114 Å². The second-order valence-corrected chi connectivity index (χ2v) is 9.72. The average Bonchev–Trinajstić information content (AvgIpc) is 2.84. The van der Waals surface area contributed by atoms with Gasteiger partial charge in [-0.05, 0) is 42.5 Å². The van der Waals surface area contributed by atoms with Crippen LogP contribution in [0.2, 0.25) is 5.02 Å². The third-order valence-corrected chi connectivity index (χ3v) is 7.37. The molecule has 11 heteroatoms. The first-order chi connectivity index (χ1) is 15.8. The molecule has 0 aliphatic carbocycles. The lowest BCUT2D eigenvalue weighted by atomic mass is 10.1. The van der Waals surface area contributed by atoms with Gasteiger partial charge in [0.1, 0.15) is 10.7 Å². The number of hydrogen-bond donors (Lipinski definition) is 0. The number of nitro benzene ring substituents is 1. The van der Waals surface area contributed by atoms with Gasteiger partial charge in [0.05, 0.1) is 9.82 Å². The Morgan fingerprint density at radius 2 is 1.76 bits per heavy atom. The van der Waals surface area contributed by atoms with Gasteiger partial charge in [0.2, 0.25) is 9.84 Å². The van der Waals surface area contributed by atoms with Crippen LogP contribution in [0, 0.1) is 10.1 Å². The van der Waals surface area contributed by atoms with Crippen molar-refractivity contribution < 1.29 is 18.1 Å². The van der Waals surface area contributed by atoms with Gasteiger partial charge in [-0.25, -0.2) is 13.4 Å². The molecule has 33 heavy (non-hydrogen) atoms. The monoisotopic (exact) mass is 486 g/mol. The van der Waals surface area contributed by atoms with Crippen LogP contribution in [0.3, 0.4) is 0 Å². The van der Waals surface area contributed by atoms with E-state index in [1.165, 1.54) is 30.3 Å². The van der Waals surface area contributed by atoms with Crippen molar-refractivity contribution in [2.45, 2.75) is 9.79 Å². The summed E-state index contributed by atoms with van der Waals surface area (Å²) in [6.07, 6.45) is 1.70. The molecule has 1 aliphatic rings. The number of pyridine rings is 1. The lowest BCUT2D eigenvalue weighted by Gasteiger charge is -2.35. The molecule has 1 fully saturated rings. The number of piperazine rings is 1. The zero-order valence-corrected chi connectivity index (χ0v) is 18.9. The maximum absolute atomic E-state index is 13.0. The number of nitrogens with zero attached hydrogens (tertiary/aromatic N) is 4. The van der Waals surface area contributed by atoms with Crippen LogP contribution in [-0.2, 0) is 9.84 Å². The number of halogens is 1. The van der Waals surface area contributed by atoms with E-state index >= 15 is 0 Å². The van der Waals surface area contributed by atoms with Gasteiger partial charge < -0.3 is 9.80 Å².